The second-order valence-corrected chi connectivity index (χ2v) is 7.78. The molecule has 2 atom stereocenters. The molecule has 3 aromatic rings. The van der Waals surface area contributed by atoms with E-state index >= 15 is 0 Å². The van der Waals surface area contributed by atoms with Gasteiger partial charge in [0.05, 0.1) is 24.4 Å². The molecule has 1 aliphatic heterocycles. The average Bonchev–Trinajstić information content (AvgIpc) is 2.84. The van der Waals surface area contributed by atoms with Gasteiger partial charge in [0.2, 0.25) is 11.8 Å². The number of pyridine rings is 2. The first-order valence-electron chi connectivity index (χ1n) is 10.7. The Morgan fingerprint density at radius 2 is 2.12 bits per heavy atom. The van der Waals surface area contributed by atoms with Gasteiger partial charge in [0.1, 0.15) is 17.2 Å². The fraction of sp³-hybridized carbons (Fsp3) is 0.292. The highest BCUT2D eigenvalue weighted by Crippen LogP contribution is 2.23. The minimum Gasteiger partial charge on any atom is -0.481 e. The predicted octanol–water partition coefficient (Wildman–Crippen LogP) is 3.28. The Morgan fingerprint density at radius 3 is 2.91 bits per heavy atom. The van der Waals surface area contributed by atoms with Crippen LogP contribution in [-0.4, -0.2) is 48.2 Å². The molecule has 1 fully saturated rings. The van der Waals surface area contributed by atoms with Gasteiger partial charge in [0.25, 0.3) is 0 Å². The first kappa shape index (κ1) is 22.8. The molecule has 7 nitrogen and oxygen atoms in total. The van der Waals surface area contributed by atoms with Crippen molar-refractivity contribution in [3.05, 3.63) is 65.9 Å². The number of nitrogens with one attached hydrogen (secondary N) is 3. The van der Waals surface area contributed by atoms with E-state index in [0.717, 1.165) is 24.6 Å². The molecule has 0 radical (unpaired) electrons. The maximum Gasteiger partial charge on any atom is 0.241 e. The van der Waals surface area contributed by atoms with E-state index in [-0.39, 0.29) is 23.6 Å². The Morgan fingerprint density at radius 1 is 1.24 bits per heavy atom. The molecule has 0 bridgehead atoms. The average molecular weight is 453 g/mol. The van der Waals surface area contributed by atoms with Gasteiger partial charge in [-0.2, -0.15) is 0 Å². The number of nitrogens with zero attached hydrogens (tertiary/aromatic N) is 2. The fourth-order valence-electron chi connectivity index (χ4n) is 3.76. The summed E-state index contributed by atoms with van der Waals surface area (Å²) >= 11 is 0. The van der Waals surface area contributed by atoms with E-state index in [2.05, 4.69) is 25.9 Å². The van der Waals surface area contributed by atoms with Crippen LogP contribution < -0.4 is 20.7 Å². The lowest BCUT2D eigenvalue weighted by Gasteiger charge is -2.29. The van der Waals surface area contributed by atoms with E-state index in [1.165, 1.54) is 7.11 Å². The van der Waals surface area contributed by atoms with E-state index in [4.69, 9.17) is 4.74 Å². The van der Waals surface area contributed by atoms with Crippen molar-refractivity contribution < 1.29 is 18.3 Å². The predicted molar refractivity (Wildman–Crippen MR) is 123 cm³/mol. The third kappa shape index (κ3) is 5.68. The number of amides is 1. The Labute approximate surface area is 190 Å². The SMILES string of the molecule is COc1ccc2nccc(NC(=O)C3CCC(NCC=Cc4cc(F)ccc4F)CN3)c2n1. The molecule has 172 valence electrons. The van der Waals surface area contributed by atoms with Crippen molar-refractivity contribution in [3.63, 3.8) is 0 Å². The van der Waals surface area contributed by atoms with E-state index in [9.17, 15) is 13.6 Å². The number of aromatic nitrogens is 2. The Kier molecular flexibility index (Phi) is 7.21. The monoisotopic (exact) mass is 453 g/mol. The quantitative estimate of drug-likeness (QED) is 0.509. The Balaban J connectivity index is 1.28. The second kappa shape index (κ2) is 10.5. The fourth-order valence-corrected chi connectivity index (χ4v) is 3.76. The number of carbonyl (C=O) groups is 1. The molecule has 4 rings (SSSR count). The zero-order valence-corrected chi connectivity index (χ0v) is 18.1. The zero-order valence-electron chi connectivity index (χ0n) is 18.1. The lowest BCUT2D eigenvalue weighted by Crippen LogP contribution is -2.52. The molecule has 3 heterocycles. The number of benzene rings is 1. The number of ether oxygens (including phenoxy) is 1. The largest absolute Gasteiger partial charge is 0.481 e. The van der Waals surface area contributed by atoms with Crippen LogP contribution in [0.3, 0.4) is 0 Å². The summed E-state index contributed by atoms with van der Waals surface area (Å²) in [4.78, 5) is 21.5. The van der Waals surface area contributed by atoms with Crippen molar-refractivity contribution in [1.82, 2.24) is 20.6 Å². The van der Waals surface area contributed by atoms with E-state index in [0.29, 0.717) is 42.1 Å². The molecule has 3 N–H and O–H groups in total. The van der Waals surface area contributed by atoms with Crippen molar-refractivity contribution in [3.8, 4) is 5.88 Å². The van der Waals surface area contributed by atoms with Crippen LogP contribution in [0, 0.1) is 11.6 Å². The van der Waals surface area contributed by atoms with Crippen LogP contribution in [-0.2, 0) is 4.79 Å². The summed E-state index contributed by atoms with van der Waals surface area (Å²) in [5.41, 5.74) is 2.04. The third-order valence-electron chi connectivity index (χ3n) is 5.54. The molecule has 2 aromatic heterocycles. The highest BCUT2D eigenvalue weighted by molar-refractivity contribution is 6.01. The zero-order chi connectivity index (χ0) is 23.2. The summed E-state index contributed by atoms with van der Waals surface area (Å²) < 4.78 is 32.1. The van der Waals surface area contributed by atoms with E-state index in [1.54, 1.807) is 36.5 Å². The van der Waals surface area contributed by atoms with Crippen molar-refractivity contribution in [1.29, 1.82) is 0 Å². The normalized spacial score (nSPS) is 18.5. The summed E-state index contributed by atoms with van der Waals surface area (Å²) in [6.45, 7) is 1.12. The summed E-state index contributed by atoms with van der Waals surface area (Å²) in [6, 6.07) is 8.44. The lowest BCUT2D eigenvalue weighted by molar-refractivity contribution is -0.118. The first-order chi connectivity index (χ1) is 16.0. The summed E-state index contributed by atoms with van der Waals surface area (Å²) in [5.74, 6) is -0.618. The van der Waals surface area contributed by atoms with Crippen LogP contribution in [0.4, 0.5) is 14.5 Å². The topological polar surface area (TPSA) is 88.2 Å². The minimum atomic E-state index is -0.473. The number of anilines is 1. The number of fused-ring (bicyclic) bond motifs is 1. The molecule has 9 heteroatoms. The number of hydrogen-bond acceptors (Lipinski definition) is 6. The number of hydrogen-bond donors (Lipinski definition) is 3. The van der Waals surface area contributed by atoms with Crippen molar-refractivity contribution in [2.75, 3.05) is 25.5 Å². The molecule has 0 saturated carbocycles. The van der Waals surface area contributed by atoms with E-state index < -0.39 is 11.6 Å². The molecule has 2 unspecified atom stereocenters. The summed E-state index contributed by atoms with van der Waals surface area (Å²) in [5, 5.41) is 9.55. The van der Waals surface area contributed by atoms with Gasteiger partial charge in [-0.1, -0.05) is 12.2 Å². The lowest BCUT2D eigenvalue weighted by atomic mass is 10.00. The number of piperidine rings is 1. The molecule has 33 heavy (non-hydrogen) atoms. The molecule has 1 aliphatic rings. The first-order valence-corrected chi connectivity index (χ1v) is 10.7. The third-order valence-corrected chi connectivity index (χ3v) is 5.54. The molecular weight excluding hydrogens is 428 g/mol. The molecule has 1 saturated heterocycles. The van der Waals surface area contributed by atoms with Gasteiger partial charge in [0, 0.05) is 37.0 Å². The molecule has 0 aliphatic carbocycles. The molecule has 0 spiro atoms. The Bertz CT molecular complexity index is 1160. The van der Waals surface area contributed by atoms with Crippen LogP contribution in [0.1, 0.15) is 18.4 Å². The van der Waals surface area contributed by atoms with Crippen molar-refractivity contribution >= 4 is 28.7 Å². The maximum absolute atomic E-state index is 13.7. The highest BCUT2D eigenvalue weighted by atomic mass is 19.1. The maximum atomic E-state index is 13.7. The number of halogens is 2. The van der Waals surface area contributed by atoms with Gasteiger partial charge in [0.15, 0.2) is 0 Å². The Hall–Kier alpha value is -3.43. The van der Waals surface area contributed by atoms with Gasteiger partial charge in [-0.15, -0.1) is 0 Å². The van der Waals surface area contributed by atoms with Gasteiger partial charge >= 0.3 is 0 Å². The van der Waals surface area contributed by atoms with E-state index in [1.807, 2.05) is 0 Å². The summed E-state index contributed by atoms with van der Waals surface area (Å²) in [7, 11) is 1.54. The van der Waals surface area contributed by atoms with Gasteiger partial charge in [-0.3, -0.25) is 9.78 Å². The van der Waals surface area contributed by atoms with Crippen LogP contribution in [0.15, 0.2) is 48.7 Å². The van der Waals surface area contributed by atoms with Crippen LogP contribution >= 0.6 is 0 Å². The number of carbonyl (C=O) groups excluding carboxylic acids is 1. The van der Waals surface area contributed by atoms with Gasteiger partial charge in [-0.25, -0.2) is 13.8 Å². The van der Waals surface area contributed by atoms with Crippen LogP contribution in [0.5, 0.6) is 5.88 Å². The second-order valence-electron chi connectivity index (χ2n) is 7.78. The number of rotatable bonds is 7. The van der Waals surface area contributed by atoms with Crippen molar-refractivity contribution in [2.45, 2.75) is 24.9 Å². The van der Waals surface area contributed by atoms with Gasteiger partial charge < -0.3 is 20.7 Å². The molecule has 1 amide bonds. The van der Waals surface area contributed by atoms with Crippen LogP contribution in [0.25, 0.3) is 17.1 Å². The molecule has 1 aromatic carbocycles. The standard InChI is InChI=1S/C24H25F2N5O2/c1-33-22-9-8-19-23(31-22)20(10-12-28-19)30-24(32)21-7-5-17(14-29-21)27-11-2-3-15-13-16(25)4-6-18(15)26/h2-4,6,8-10,12-13,17,21,27,29H,5,7,11,14H2,1H3,(H,28,30,32). The van der Waals surface area contributed by atoms with Crippen LogP contribution in [0.2, 0.25) is 0 Å². The smallest absolute Gasteiger partial charge is 0.241 e. The van der Waals surface area contributed by atoms with Gasteiger partial charge in [-0.05, 0) is 43.2 Å². The minimum absolute atomic E-state index is 0.132. The number of methoxy groups -OCH3 is 1. The highest BCUT2D eigenvalue weighted by Gasteiger charge is 2.25. The van der Waals surface area contributed by atoms with Crippen molar-refractivity contribution in [2.24, 2.45) is 0 Å². The molecular formula is C24H25F2N5O2. The summed E-state index contributed by atoms with van der Waals surface area (Å²) in [6.07, 6.45) is 6.40.